The third kappa shape index (κ3) is 3.53. The van der Waals surface area contributed by atoms with Gasteiger partial charge in [0.2, 0.25) is 0 Å². The van der Waals surface area contributed by atoms with Crippen LogP contribution in [0.25, 0.3) is 0 Å². The standard InChI is InChI=1S/C17H23ClFN/c18-15-10-13(4-7-16(15)19)11-17(8-2-1-3-9-17)12-20-14-5-6-14/h4,7,10,14,20H,1-3,5-6,8-9,11-12H2. The first-order chi connectivity index (χ1) is 9.67. The van der Waals surface area contributed by atoms with E-state index in [1.165, 1.54) is 56.6 Å². The van der Waals surface area contributed by atoms with Crippen molar-refractivity contribution in [3.63, 3.8) is 0 Å². The fourth-order valence-electron chi connectivity index (χ4n) is 3.45. The third-order valence-corrected chi connectivity index (χ3v) is 5.11. The normalized spacial score (nSPS) is 21.9. The summed E-state index contributed by atoms with van der Waals surface area (Å²) in [6.07, 6.45) is 10.2. The van der Waals surface area contributed by atoms with E-state index in [9.17, 15) is 4.39 Å². The van der Waals surface area contributed by atoms with E-state index >= 15 is 0 Å². The molecular weight excluding hydrogens is 273 g/mol. The highest BCUT2D eigenvalue weighted by atomic mass is 35.5. The molecular formula is C17H23ClFN. The highest BCUT2D eigenvalue weighted by Crippen LogP contribution is 2.40. The summed E-state index contributed by atoms with van der Waals surface area (Å²) in [5.41, 5.74) is 1.53. The van der Waals surface area contributed by atoms with Crippen LogP contribution < -0.4 is 5.32 Å². The summed E-state index contributed by atoms with van der Waals surface area (Å²) < 4.78 is 13.3. The zero-order valence-corrected chi connectivity index (χ0v) is 12.7. The molecule has 1 nitrogen and oxygen atoms in total. The number of nitrogens with one attached hydrogen (secondary N) is 1. The predicted octanol–water partition coefficient (Wildman–Crippen LogP) is 4.72. The molecule has 0 aliphatic heterocycles. The molecule has 0 amide bonds. The zero-order chi connectivity index (χ0) is 14.0. The van der Waals surface area contributed by atoms with Crippen molar-refractivity contribution in [2.75, 3.05) is 6.54 Å². The zero-order valence-electron chi connectivity index (χ0n) is 11.9. The third-order valence-electron chi connectivity index (χ3n) is 4.82. The first-order valence-corrected chi connectivity index (χ1v) is 8.22. The van der Waals surface area contributed by atoms with Crippen LogP contribution in [0.1, 0.15) is 50.5 Å². The second-order valence-corrected chi connectivity index (χ2v) is 7.05. The van der Waals surface area contributed by atoms with Gasteiger partial charge in [-0.15, -0.1) is 0 Å². The predicted molar refractivity (Wildman–Crippen MR) is 81.7 cm³/mol. The molecule has 0 atom stereocenters. The van der Waals surface area contributed by atoms with Gasteiger partial charge in [-0.2, -0.15) is 0 Å². The first-order valence-electron chi connectivity index (χ1n) is 7.84. The van der Waals surface area contributed by atoms with Crippen LogP contribution in [0.4, 0.5) is 4.39 Å². The van der Waals surface area contributed by atoms with Crippen LogP contribution >= 0.6 is 11.6 Å². The highest BCUT2D eigenvalue weighted by molar-refractivity contribution is 6.30. The Hall–Kier alpha value is -0.600. The molecule has 0 aromatic heterocycles. The van der Waals surface area contributed by atoms with Gasteiger partial charge in [-0.25, -0.2) is 4.39 Å². The molecule has 1 aromatic carbocycles. The summed E-state index contributed by atoms with van der Waals surface area (Å²) in [6.45, 7) is 1.10. The largest absolute Gasteiger partial charge is 0.313 e. The van der Waals surface area contributed by atoms with Crippen molar-refractivity contribution in [2.24, 2.45) is 5.41 Å². The molecule has 0 spiro atoms. The maximum absolute atomic E-state index is 13.3. The van der Waals surface area contributed by atoms with Crippen molar-refractivity contribution in [1.82, 2.24) is 5.32 Å². The molecule has 3 rings (SSSR count). The monoisotopic (exact) mass is 295 g/mol. The summed E-state index contributed by atoms with van der Waals surface area (Å²) in [7, 11) is 0. The van der Waals surface area contributed by atoms with Gasteiger partial charge in [0.25, 0.3) is 0 Å². The van der Waals surface area contributed by atoms with Gasteiger partial charge in [0.15, 0.2) is 0 Å². The molecule has 1 N–H and O–H groups in total. The Labute approximate surface area is 125 Å². The maximum Gasteiger partial charge on any atom is 0.141 e. The minimum Gasteiger partial charge on any atom is -0.313 e. The molecule has 2 aliphatic carbocycles. The van der Waals surface area contributed by atoms with Crippen LogP contribution in [0.5, 0.6) is 0 Å². The Morgan fingerprint density at radius 3 is 2.60 bits per heavy atom. The van der Waals surface area contributed by atoms with E-state index in [2.05, 4.69) is 5.32 Å². The van der Waals surface area contributed by atoms with E-state index in [1.807, 2.05) is 12.1 Å². The topological polar surface area (TPSA) is 12.0 Å². The molecule has 1 aromatic rings. The van der Waals surface area contributed by atoms with E-state index in [4.69, 9.17) is 11.6 Å². The fourth-order valence-corrected chi connectivity index (χ4v) is 3.65. The molecule has 2 saturated carbocycles. The lowest BCUT2D eigenvalue weighted by Gasteiger charge is -2.38. The molecule has 2 aliphatic rings. The highest BCUT2D eigenvalue weighted by Gasteiger charge is 2.34. The number of benzene rings is 1. The Bertz CT molecular complexity index is 464. The Kier molecular flexibility index (Phi) is 4.32. The summed E-state index contributed by atoms with van der Waals surface area (Å²) in [5.74, 6) is -0.316. The van der Waals surface area contributed by atoms with E-state index in [1.54, 1.807) is 0 Å². The smallest absolute Gasteiger partial charge is 0.141 e. The molecule has 20 heavy (non-hydrogen) atoms. The fraction of sp³-hybridized carbons (Fsp3) is 0.647. The lowest BCUT2D eigenvalue weighted by atomic mass is 9.70. The van der Waals surface area contributed by atoms with E-state index in [0.29, 0.717) is 5.41 Å². The van der Waals surface area contributed by atoms with E-state index < -0.39 is 0 Å². The summed E-state index contributed by atoms with van der Waals surface area (Å²) in [6, 6.07) is 5.97. The van der Waals surface area contributed by atoms with Crippen LogP contribution in [0.2, 0.25) is 5.02 Å². The molecule has 0 unspecified atom stereocenters. The SMILES string of the molecule is Fc1ccc(CC2(CNC3CC3)CCCCC2)cc1Cl. The van der Waals surface area contributed by atoms with Gasteiger partial charge in [-0.3, -0.25) is 0 Å². The van der Waals surface area contributed by atoms with Crippen LogP contribution in [0, 0.1) is 11.2 Å². The van der Waals surface area contributed by atoms with Crippen molar-refractivity contribution < 1.29 is 4.39 Å². The average molecular weight is 296 g/mol. The molecule has 0 bridgehead atoms. The van der Waals surface area contributed by atoms with Crippen molar-refractivity contribution in [1.29, 1.82) is 0 Å². The van der Waals surface area contributed by atoms with Crippen LogP contribution in [0.15, 0.2) is 18.2 Å². The quantitative estimate of drug-likeness (QED) is 0.828. The number of hydrogen-bond donors (Lipinski definition) is 1. The van der Waals surface area contributed by atoms with Gasteiger partial charge in [-0.1, -0.05) is 36.9 Å². The number of hydrogen-bond acceptors (Lipinski definition) is 1. The molecule has 0 radical (unpaired) electrons. The van der Waals surface area contributed by atoms with Crippen LogP contribution in [-0.2, 0) is 6.42 Å². The van der Waals surface area contributed by atoms with Gasteiger partial charge in [-0.05, 0) is 55.2 Å². The van der Waals surface area contributed by atoms with Crippen LogP contribution in [-0.4, -0.2) is 12.6 Å². The number of halogens is 2. The minimum atomic E-state index is -0.316. The lowest BCUT2D eigenvalue weighted by molar-refractivity contribution is 0.180. The van der Waals surface area contributed by atoms with Crippen molar-refractivity contribution in [3.8, 4) is 0 Å². The minimum absolute atomic E-state index is 0.253. The second kappa shape index (κ2) is 6.03. The molecule has 110 valence electrons. The Morgan fingerprint density at radius 1 is 1.20 bits per heavy atom. The average Bonchev–Trinajstić information content (AvgIpc) is 3.26. The second-order valence-electron chi connectivity index (χ2n) is 6.64. The summed E-state index contributed by atoms with van der Waals surface area (Å²) >= 11 is 5.92. The van der Waals surface area contributed by atoms with Gasteiger partial charge in [0.1, 0.15) is 5.82 Å². The maximum atomic E-state index is 13.3. The molecule has 0 heterocycles. The Morgan fingerprint density at radius 2 is 1.95 bits per heavy atom. The lowest BCUT2D eigenvalue weighted by Crippen LogP contribution is -2.38. The van der Waals surface area contributed by atoms with E-state index in [0.717, 1.165) is 19.0 Å². The van der Waals surface area contributed by atoms with Gasteiger partial charge < -0.3 is 5.32 Å². The summed E-state index contributed by atoms with van der Waals surface area (Å²) in [5, 5.41) is 3.96. The van der Waals surface area contributed by atoms with E-state index in [-0.39, 0.29) is 10.8 Å². The molecule has 0 saturated heterocycles. The van der Waals surface area contributed by atoms with Gasteiger partial charge in [0, 0.05) is 12.6 Å². The van der Waals surface area contributed by atoms with Crippen molar-refractivity contribution in [3.05, 3.63) is 34.6 Å². The van der Waals surface area contributed by atoms with Crippen molar-refractivity contribution >= 4 is 11.6 Å². The van der Waals surface area contributed by atoms with Gasteiger partial charge >= 0.3 is 0 Å². The van der Waals surface area contributed by atoms with Gasteiger partial charge in [0.05, 0.1) is 5.02 Å². The van der Waals surface area contributed by atoms with Crippen molar-refractivity contribution in [2.45, 2.75) is 57.4 Å². The molecule has 2 fully saturated rings. The number of rotatable bonds is 5. The van der Waals surface area contributed by atoms with Crippen LogP contribution in [0.3, 0.4) is 0 Å². The summed E-state index contributed by atoms with van der Waals surface area (Å²) in [4.78, 5) is 0. The Balaban J connectivity index is 1.71. The first kappa shape index (κ1) is 14.3. The molecule has 3 heteroatoms.